The molecule has 0 fully saturated rings. The van der Waals surface area contributed by atoms with E-state index in [4.69, 9.17) is 5.73 Å². The molecule has 2 aromatic rings. The smallest absolute Gasteiger partial charge is 0.141 e. The van der Waals surface area contributed by atoms with Crippen LogP contribution in [0, 0.1) is 5.82 Å². The first-order valence-corrected chi connectivity index (χ1v) is 5.35. The van der Waals surface area contributed by atoms with Crippen LogP contribution in [0.3, 0.4) is 0 Å². The SMILES string of the molecule is CC(C)(C)n1cc(N)c(-c2ccc(F)cn2)n1. The quantitative estimate of drug-likeness (QED) is 0.824. The van der Waals surface area contributed by atoms with Crippen LogP contribution in [0.15, 0.2) is 24.5 Å². The Morgan fingerprint density at radius 1 is 1.29 bits per heavy atom. The number of rotatable bonds is 1. The van der Waals surface area contributed by atoms with Gasteiger partial charge in [0, 0.05) is 6.20 Å². The number of aromatic nitrogens is 3. The van der Waals surface area contributed by atoms with Crippen molar-refractivity contribution >= 4 is 5.69 Å². The van der Waals surface area contributed by atoms with Gasteiger partial charge in [-0.05, 0) is 32.9 Å². The topological polar surface area (TPSA) is 56.7 Å². The van der Waals surface area contributed by atoms with E-state index in [1.54, 1.807) is 16.9 Å². The normalized spacial score (nSPS) is 11.8. The standard InChI is InChI=1S/C12H15FN4/c1-12(2,3)17-7-9(14)11(16-17)10-5-4-8(13)6-15-10/h4-7H,14H2,1-3H3. The maximum atomic E-state index is 12.8. The first-order chi connectivity index (χ1) is 7.88. The van der Waals surface area contributed by atoms with E-state index in [0.29, 0.717) is 17.1 Å². The minimum Gasteiger partial charge on any atom is -0.396 e. The fourth-order valence-corrected chi connectivity index (χ4v) is 1.45. The van der Waals surface area contributed by atoms with E-state index in [2.05, 4.69) is 10.1 Å². The molecule has 0 unspecified atom stereocenters. The van der Waals surface area contributed by atoms with Gasteiger partial charge >= 0.3 is 0 Å². The van der Waals surface area contributed by atoms with Crippen molar-refractivity contribution in [3.05, 3.63) is 30.3 Å². The van der Waals surface area contributed by atoms with Crippen molar-refractivity contribution in [3.8, 4) is 11.4 Å². The van der Waals surface area contributed by atoms with E-state index in [0.717, 1.165) is 6.20 Å². The van der Waals surface area contributed by atoms with Gasteiger partial charge in [0.15, 0.2) is 0 Å². The van der Waals surface area contributed by atoms with Crippen LogP contribution in [0.2, 0.25) is 0 Å². The lowest BCUT2D eigenvalue weighted by Crippen LogP contribution is -2.22. The Kier molecular flexibility index (Phi) is 2.61. The summed E-state index contributed by atoms with van der Waals surface area (Å²) in [4.78, 5) is 3.97. The third-order valence-corrected chi connectivity index (χ3v) is 2.40. The Labute approximate surface area is 99.3 Å². The lowest BCUT2D eigenvalue weighted by atomic mass is 10.1. The van der Waals surface area contributed by atoms with Gasteiger partial charge in [-0.3, -0.25) is 9.67 Å². The van der Waals surface area contributed by atoms with E-state index in [1.807, 2.05) is 20.8 Å². The number of nitrogen functional groups attached to an aromatic ring is 1. The largest absolute Gasteiger partial charge is 0.396 e. The molecule has 0 saturated carbocycles. The van der Waals surface area contributed by atoms with Gasteiger partial charge in [-0.1, -0.05) is 0 Å². The zero-order chi connectivity index (χ0) is 12.6. The molecular weight excluding hydrogens is 219 g/mol. The molecule has 5 heteroatoms. The number of halogens is 1. The average Bonchev–Trinajstić information content (AvgIpc) is 2.61. The summed E-state index contributed by atoms with van der Waals surface area (Å²) in [5.74, 6) is -0.373. The molecule has 0 aliphatic rings. The van der Waals surface area contributed by atoms with Crippen LogP contribution in [0.1, 0.15) is 20.8 Å². The fraction of sp³-hybridized carbons (Fsp3) is 0.333. The predicted octanol–water partition coefficient (Wildman–Crippen LogP) is 2.42. The second-order valence-corrected chi connectivity index (χ2v) is 4.91. The Balaban J connectivity index is 2.46. The van der Waals surface area contributed by atoms with Crippen molar-refractivity contribution < 1.29 is 4.39 Å². The van der Waals surface area contributed by atoms with Crippen molar-refractivity contribution in [1.29, 1.82) is 0 Å². The molecule has 0 saturated heterocycles. The number of nitrogens with zero attached hydrogens (tertiary/aromatic N) is 3. The molecule has 0 aliphatic heterocycles. The van der Waals surface area contributed by atoms with Crippen molar-refractivity contribution in [1.82, 2.24) is 14.8 Å². The average molecular weight is 234 g/mol. The van der Waals surface area contributed by atoms with Gasteiger partial charge in [0.25, 0.3) is 0 Å². The Morgan fingerprint density at radius 3 is 2.47 bits per heavy atom. The lowest BCUT2D eigenvalue weighted by Gasteiger charge is -2.18. The maximum Gasteiger partial charge on any atom is 0.141 e. The molecule has 4 nitrogen and oxygen atoms in total. The van der Waals surface area contributed by atoms with Crippen molar-refractivity contribution in [2.24, 2.45) is 0 Å². The zero-order valence-corrected chi connectivity index (χ0v) is 10.1. The van der Waals surface area contributed by atoms with E-state index in [1.165, 1.54) is 6.07 Å². The molecule has 0 radical (unpaired) electrons. The molecule has 0 amide bonds. The zero-order valence-electron chi connectivity index (χ0n) is 10.1. The van der Waals surface area contributed by atoms with Gasteiger partial charge in [-0.2, -0.15) is 5.10 Å². The van der Waals surface area contributed by atoms with E-state index in [9.17, 15) is 4.39 Å². The van der Waals surface area contributed by atoms with Crippen LogP contribution < -0.4 is 5.73 Å². The molecule has 0 atom stereocenters. The second-order valence-electron chi connectivity index (χ2n) is 4.91. The van der Waals surface area contributed by atoms with Gasteiger partial charge in [0.1, 0.15) is 11.5 Å². The van der Waals surface area contributed by atoms with Crippen molar-refractivity contribution in [2.75, 3.05) is 5.73 Å². The summed E-state index contributed by atoms with van der Waals surface area (Å²) in [5, 5.41) is 4.39. The molecule has 2 aromatic heterocycles. The summed E-state index contributed by atoms with van der Waals surface area (Å²) in [6, 6.07) is 2.92. The minimum atomic E-state index is -0.373. The highest BCUT2D eigenvalue weighted by Crippen LogP contribution is 2.25. The Bertz CT molecular complexity index is 522. The summed E-state index contributed by atoms with van der Waals surface area (Å²) in [6.45, 7) is 6.09. The van der Waals surface area contributed by atoms with Crippen LogP contribution in [0.4, 0.5) is 10.1 Å². The molecular formula is C12H15FN4. The van der Waals surface area contributed by atoms with E-state index < -0.39 is 0 Å². The van der Waals surface area contributed by atoms with Crippen LogP contribution in [-0.4, -0.2) is 14.8 Å². The van der Waals surface area contributed by atoms with Crippen LogP contribution >= 0.6 is 0 Å². The first kappa shape index (κ1) is 11.6. The predicted molar refractivity (Wildman–Crippen MR) is 64.8 cm³/mol. The molecule has 0 spiro atoms. The monoisotopic (exact) mass is 234 g/mol. The number of pyridine rings is 1. The highest BCUT2D eigenvalue weighted by atomic mass is 19.1. The molecule has 0 bridgehead atoms. The Morgan fingerprint density at radius 2 is 2.00 bits per heavy atom. The number of hydrogen-bond donors (Lipinski definition) is 1. The number of nitrogens with two attached hydrogens (primary N) is 1. The molecule has 0 aliphatic carbocycles. The van der Waals surface area contributed by atoms with Gasteiger partial charge in [-0.25, -0.2) is 4.39 Å². The highest BCUT2D eigenvalue weighted by molar-refractivity contribution is 5.68. The van der Waals surface area contributed by atoms with E-state index in [-0.39, 0.29) is 11.4 Å². The van der Waals surface area contributed by atoms with E-state index >= 15 is 0 Å². The third kappa shape index (κ3) is 2.27. The minimum absolute atomic E-state index is 0.146. The molecule has 90 valence electrons. The maximum absolute atomic E-state index is 12.8. The van der Waals surface area contributed by atoms with Crippen molar-refractivity contribution in [3.63, 3.8) is 0 Å². The molecule has 2 rings (SSSR count). The van der Waals surface area contributed by atoms with Crippen molar-refractivity contribution in [2.45, 2.75) is 26.3 Å². The van der Waals surface area contributed by atoms with Gasteiger partial charge in [0.2, 0.25) is 0 Å². The second kappa shape index (κ2) is 3.84. The van der Waals surface area contributed by atoms with Gasteiger partial charge in [-0.15, -0.1) is 0 Å². The molecule has 0 aromatic carbocycles. The van der Waals surface area contributed by atoms with Crippen LogP contribution in [0.25, 0.3) is 11.4 Å². The van der Waals surface area contributed by atoms with Crippen LogP contribution in [-0.2, 0) is 5.54 Å². The summed E-state index contributed by atoms with van der Waals surface area (Å²) < 4.78 is 14.6. The third-order valence-electron chi connectivity index (χ3n) is 2.40. The van der Waals surface area contributed by atoms with Gasteiger partial charge in [0.05, 0.1) is 23.1 Å². The first-order valence-electron chi connectivity index (χ1n) is 5.35. The Hall–Kier alpha value is -1.91. The fourth-order valence-electron chi connectivity index (χ4n) is 1.45. The summed E-state index contributed by atoms with van der Waals surface area (Å²) in [5.41, 5.74) is 7.44. The van der Waals surface area contributed by atoms with Crippen LogP contribution in [0.5, 0.6) is 0 Å². The number of hydrogen-bond acceptors (Lipinski definition) is 3. The lowest BCUT2D eigenvalue weighted by molar-refractivity contribution is 0.356. The molecule has 17 heavy (non-hydrogen) atoms. The summed E-state index contributed by atoms with van der Waals surface area (Å²) in [7, 11) is 0. The molecule has 2 heterocycles. The number of anilines is 1. The summed E-state index contributed by atoms with van der Waals surface area (Å²) >= 11 is 0. The molecule has 2 N–H and O–H groups in total. The van der Waals surface area contributed by atoms with Gasteiger partial charge < -0.3 is 5.73 Å². The highest BCUT2D eigenvalue weighted by Gasteiger charge is 2.18. The summed E-state index contributed by atoms with van der Waals surface area (Å²) in [6.07, 6.45) is 2.92.